The van der Waals surface area contributed by atoms with Crippen LogP contribution in [0.15, 0.2) is 66.7 Å². The van der Waals surface area contributed by atoms with Gasteiger partial charge in [0.25, 0.3) is 11.1 Å². The van der Waals surface area contributed by atoms with Gasteiger partial charge in [-0.2, -0.15) is 0 Å². The van der Waals surface area contributed by atoms with E-state index in [1.54, 1.807) is 24.3 Å². The average molecular weight is 392 g/mol. The molecule has 4 rings (SSSR count). The first kappa shape index (κ1) is 18.4. The van der Waals surface area contributed by atoms with Gasteiger partial charge in [-0.05, 0) is 59.4 Å². The lowest BCUT2D eigenvalue weighted by Gasteiger charge is -2.28. The van der Waals surface area contributed by atoms with E-state index in [2.05, 4.69) is 5.32 Å². The zero-order valence-corrected chi connectivity index (χ0v) is 16.1. The highest BCUT2D eigenvalue weighted by atomic mass is 32.1. The highest BCUT2D eigenvalue weighted by Crippen LogP contribution is 2.20. The Labute approximate surface area is 168 Å². The third-order valence-electron chi connectivity index (χ3n) is 4.60. The topological polar surface area (TPSA) is 50.8 Å². The number of nitrogens with zero attached hydrogens (tertiary/aromatic N) is 1. The largest absolute Gasteiger partial charge is 0.432 e. The van der Waals surface area contributed by atoms with Gasteiger partial charge in [0, 0.05) is 24.3 Å². The summed E-state index contributed by atoms with van der Waals surface area (Å²) < 4.78 is 11.0. The molecule has 0 aromatic heterocycles. The maximum atomic E-state index is 12.5. The second-order valence-corrected chi connectivity index (χ2v) is 6.86. The van der Waals surface area contributed by atoms with E-state index in [0.29, 0.717) is 29.7 Å². The third kappa shape index (κ3) is 4.30. The quantitative estimate of drug-likeness (QED) is 0.681. The molecule has 5 nitrogen and oxygen atoms in total. The number of carbonyl (C=O) groups is 1. The van der Waals surface area contributed by atoms with Gasteiger partial charge in [-0.25, -0.2) is 0 Å². The number of benzene rings is 3. The van der Waals surface area contributed by atoms with E-state index in [1.165, 1.54) is 0 Å². The van der Waals surface area contributed by atoms with E-state index in [9.17, 15) is 4.79 Å². The molecule has 0 aliphatic carbocycles. The Morgan fingerprint density at radius 1 is 0.964 bits per heavy atom. The number of hydrogen-bond donors (Lipinski definition) is 1. The molecule has 1 aliphatic rings. The third-order valence-corrected chi connectivity index (χ3v) is 4.94. The molecule has 6 heteroatoms. The minimum Gasteiger partial charge on any atom is -0.432 e. The average Bonchev–Trinajstić information content (AvgIpc) is 2.75. The van der Waals surface area contributed by atoms with Gasteiger partial charge < -0.3 is 19.7 Å². The lowest BCUT2D eigenvalue weighted by Crippen LogP contribution is -2.42. The van der Waals surface area contributed by atoms with Gasteiger partial charge in [0.2, 0.25) is 0 Å². The van der Waals surface area contributed by atoms with Crippen molar-refractivity contribution in [3.8, 4) is 5.75 Å². The van der Waals surface area contributed by atoms with E-state index >= 15 is 0 Å². The van der Waals surface area contributed by atoms with Crippen LogP contribution < -0.4 is 10.1 Å². The molecule has 1 N–H and O–H groups in total. The van der Waals surface area contributed by atoms with Gasteiger partial charge in [0.05, 0.1) is 13.2 Å². The molecule has 142 valence electrons. The predicted molar refractivity (Wildman–Crippen MR) is 114 cm³/mol. The minimum absolute atomic E-state index is 0.169. The molecule has 1 amide bonds. The van der Waals surface area contributed by atoms with Gasteiger partial charge in [0.1, 0.15) is 5.75 Å². The summed E-state index contributed by atoms with van der Waals surface area (Å²) in [5.74, 6) is 0.441. The molecule has 3 aromatic rings. The fourth-order valence-corrected chi connectivity index (χ4v) is 3.33. The van der Waals surface area contributed by atoms with Gasteiger partial charge in [-0.3, -0.25) is 4.79 Å². The fourth-order valence-electron chi connectivity index (χ4n) is 3.06. The van der Waals surface area contributed by atoms with Crippen LogP contribution in [0.1, 0.15) is 10.4 Å². The Morgan fingerprint density at radius 2 is 1.68 bits per heavy atom. The number of anilines is 1. The number of fused-ring (bicyclic) bond motifs is 1. The van der Waals surface area contributed by atoms with Crippen LogP contribution in [0.4, 0.5) is 5.69 Å². The van der Waals surface area contributed by atoms with Crippen LogP contribution in [0.3, 0.4) is 0 Å². The van der Waals surface area contributed by atoms with Crippen molar-refractivity contribution in [2.24, 2.45) is 0 Å². The summed E-state index contributed by atoms with van der Waals surface area (Å²) in [5, 5.41) is 5.58. The SMILES string of the molecule is O=C(Nc1ccc2ccccc2c1)c1ccc(OC(=S)N2CCOCC2)cc1. The second-order valence-electron chi connectivity index (χ2n) is 6.51. The van der Waals surface area contributed by atoms with Crippen molar-refractivity contribution in [1.82, 2.24) is 4.90 Å². The monoisotopic (exact) mass is 392 g/mol. The second kappa shape index (κ2) is 8.37. The lowest BCUT2D eigenvalue weighted by atomic mass is 10.1. The molecule has 28 heavy (non-hydrogen) atoms. The van der Waals surface area contributed by atoms with Crippen molar-refractivity contribution in [1.29, 1.82) is 0 Å². The first-order valence-corrected chi connectivity index (χ1v) is 9.54. The molecular weight excluding hydrogens is 372 g/mol. The van der Waals surface area contributed by atoms with Gasteiger partial charge >= 0.3 is 0 Å². The predicted octanol–water partition coefficient (Wildman–Crippen LogP) is 4.09. The molecule has 1 fully saturated rings. The Kier molecular flexibility index (Phi) is 5.50. The fraction of sp³-hybridized carbons (Fsp3) is 0.182. The Balaban J connectivity index is 1.39. The van der Waals surface area contributed by atoms with Gasteiger partial charge in [0.15, 0.2) is 0 Å². The van der Waals surface area contributed by atoms with Crippen LogP contribution in [0.25, 0.3) is 10.8 Å². The molecule has 1 heterocycles. The number of ether oxygens (including phenoxy) is 2. The van der Waals surface area contributed by atoms with E-state index < -0.39 is 0 Å². The molecule has 1 saturated heterocycles. The first-order valence-electron chi connectivity index (χ1n) is 9.14. The first-order chi connectivity index (χ1) is 13.7. The van der Waals surface area contributed by atoms with Crippen LogP contribution in [0, 0.1) is 0 Å². The number of amides is 1. The molecule has 0 radical (unpaired) electrons. The summed E-state index contributed by atoms with van der Waals surface area (Å²) in [6, 6.07) is 20.9. The van der Waals surface area contributed by atoms with E-state index in [0.717, 1.165) is 29.5 Å². The zero-order chi connectivity index (χ0) is 19.3. The van der Waals surface area contributed by atoms with Crippen LogP contribution in [0.5, 0.6) is 5.75 Å². The van der Waals surface area contributed by atoms with Crippen LogP contribution in [-0.4, -0.2) is 42.3 Å². The van der Waals surface area contributed by atoms with Crippen molar-refractivity contribution in [3.63, 3.8) is 0 Å². The summed E-state index contributed by atoms with van der Waals surface area (Å²) in [7, 11) is 0. The molecule has 3 aromatic carbocycles. The highest BCUT2D eigenvalue weighted by molar-refractivity contribution is 7.80. The molecule has 0 saturated carbocycles. The summed E-state index contributed by atoms with van der Waals surface area (Å²) in [6.45, 7) is 2.75. The molecular formula is C22H20N2O3S. The van der Waals surface area contributed by atoms with Crippen LogP contribution in [0.2, 0.25) is 0 Å². The minimum atomic E-state index is -0.169. The molecule has 0 atom stereocenters. The van der Waals surface area contributed by atoms with Gasteiger partial charge in [-0.15, -0.1) is 0 Å². The summed E-state index contributed by atoms with van der Waals surface area (Å²) in [6.07, 6.45) is 0. The van der Waals surface area contributed by atoms with E-state index in [-0.39, 0.29) is 5.91 Å². The summed E-state index contributed by atoms with van der Waals surface area (Å²) >= 11 is 5.33. The maximum Gasteiger partial charge on any atom is 0.264 e. The van der Waals surface area contributed by atoms with Crippen molar-refractivity contribution < 1.29 is 14.3 Å². The van der Waals surface area contributed by atoms with Crippen LogP contribution >= 0.6 is 12.2 Å². The molecule has 0 unspecified atom stereocenters. The molecule has 1 aliphatic heterocycles. The van der Waals surface area contributed by atoms with E-state index in [4.69, 9.17) is 21.7 Å². The van der Waals surface area contributed by atoms with Crippen molar-refractivity contribution in [3.05, 3.63) is 72.3 Å². The standard InChI is InChI=1S/C22H20N2O3S/c25-21(23-19-8-5-16-3-1-2-4-18(16)15-19)17-6-9-20(10-7-17)27-22(28)24-11-13-26-14-12-24/h1-10,15H,11-14H2,(H,23,25). The van der Waals surface area contributed by atoms with E-state index in [1.807, 2.05) is 47.4 Å². The molecule has 0 bridgehead atoms. The number of morpholine rings is 1. The molecule has 0 spiro atoms. The number of thiocarbonyl (C=S) groups is 1. The van der Waals surface area contributed by atoms with Crippen molar-refractivity contribution in [2.45, 2.75) is 0 Å². The Bertz CT molecular complexity index is 998. The van der Waals surface area contributed by atoms with Crippen molar-refractivity contribution in [2.75, 3.05) is 31.6 Å². The van der Waals surface area contributed by atoms with Crippen molar-refractivity contribution >= 4 is 39.8 Å². The van der Waals surface area contributed by atoms with Gasteiger partial charge in [-0.1, -0.05) is 30.3 Å². The normalized spacial score (nSPS) is 13.9. The smallest absolute Gasteiger partial charge is 0.264 e. The number of rotatable bonds is 3. The highest BCUT2D eigenvalue weighted by Gasteiger charge is 2.15. The van der Waals surface area contributed by atoms with Crippen LogP contribution in [-0.2, 0) is 4.74 Å². The zero-order valence-electron chi connectivity index (χ0n) is 15.3. The Morgan fingerprint density at radius 3 is 2.43 bits per heavy atom. The summed E-state index contributed by atoms with van der Waals surface area (Å²) in [5.41, 5.74) is 1.32. The number of nitrogens with one attached hydrogen (secondary N) is 1. The maximum absolute atomic E-state index is 12.5. The summed E-state index contributed by atoms with van der Waals surface area (Å²) in [4.78, 5) is 14.5. The number of hydrogen-bond acceptors (Lipinski definition) is 4. The Hall–Kier alpha value is -2.96. The lowest BCUT2D eigenvalue weighted by molar-refractivity contribution is 0.0631. The number of carbonyl (C=O) groups excluding carboxylic acids is 1.